The normalized spacial score (nSPS) is 34.5. The van der Waals surface area contributed by atoms with Gasteiger partial charge in [0.1, 0.15) is 5.54 Å². The number of amides is 1. The smallest absolute Gasteiger partial charge is 0.227 e. The third kappa shape index (κ3) is 1.21. The molecule has 1 aliphatic rings. The van der Waals surface area contributed by atoms with Crippen molar-refractivity contribution >= 4 is 5.91 Å². The number of carbonyl (C=O) groups is 1. The lowest BCUT2D eigenvalue weighted by Crippen LogP contribution is -2.36. The van der Waals surface area contributed by atoms with Gasteiger partial charge in [0, 0.05) is 5.41 Å². The molecule has 0 aromatic carbocycles. The van der Waals surface area contributed by atoms with Crippen molar-refractivity contribution in [2.45, 2.75) is 32.7 Å². The fraction of sp³-hybridized carbons (Fsp3) is 0.750. The predicted molar refractivity (Wildman–Crippen MR) is 40.6 cm³/mol. The Labute approximate surface area is 66.4 Å². The zero-order valence-corrected chi connectivity index (χ0v) is 7.06. The van der Waals surface area contributed by atoms with Crippen LogP contribution in [0.15, 0.2) is 0 Å². The van der Waals surface area contributed by atoms with E-state index < -0.39 is 5.54 Å². The summed E-state index contributed by atoms with van der Waals surface area (Å²) in [6.45, 7) is 5.45. The molecule has 1 heterocycles. The van der Waals surface area contributed by atoms with E-state index >= 15 is 0 Å². The van der Waals surface area contributed by atoms with Gasteiger partial charge in [0.2, 0.25) is 5.91 Å². The molecule has 1 rings (SSSR count). The zero-order valence-electron chi connectivity index (χ0n) is 7.06. The van der Waals surface area contributed by atoms with Crippen LogP contribution in [0.5, 0.6) is 0 Å². The Morgan fingerprint density at radius 2 is 2.09 bits per heavy atom. The van der Waals surface area contributed by atoms with E-state index in [9.17, 15) is 4.79 Å². The van der Waals surface area contributed by atoms with E-state index in [4.69, 9.17) is 5.26 Å². The van der Waals surface area contributed by atoms with E-state index in [1.807, 2.05) is 13.8 Å². The third-order valence-corrected chi connectivity index (χ3v) is 2.05. The van der Waals surface area contributed by atoms with Crippen LogP contribution in [0.3, 0.4) is 0 Å². The van der Waals surface area contributed by atoms with Crippen LogP contribution < -0.4 is 5.32 Å². The lowest BCUT2D eigenvalue weighted by atomic mass is 9.85. The van der Waals surface area contributed by atoms with Crippen LogP contribution in [0.4, 0.5) is 0 Å². The predicted octanol–water partition coefficient (Wildman–Crippen LogP) is 0.815. The topological polar surface area (TPSA) is 52.9 Å². The number of nitrogens with one attached hydrogen (secondary N) is 1. The van der Waals surface area contributed by atoms with Gasteiger partial charge in [0.05, 0.1) is 6.07 Å². The van der Waals surface area contributed by atoms with Gasteiger partial charge in [-0.15, -0.1) is 0 Å². The summed E-state index contributed by atoms with van der Waals surface area (Å²) in [6, 6.07) is 2.09. The van der Waals surface area contributed by atoms with Gasteiger partial charge in [-0.3, -0.25) is 4.79 Å². The zero-order chi connectivity index (χ0) is 8.70. The number of rotatable bonds is 0. The molecule has 0 radical (unpaired) electrons. The molecular formula is C8H12N2O. The number of hydrogen-bond acceptors (Lipinski definition) is 2. The monoisotopic (exact) mass is 152 g/mol. The first kappa shape index (κ1) is 8.06. The van der Waals surface area contributed by atoms with Crippen LogP contribution in [0.1, 0.15) is 27.2 Å². The Balaban J connectivity index is 2.90. The SMILES string of the molecule is CC1(C#N)CC(C)(C)C(=O)N1. The quantitative estimate of drug-likeness (QED) is 0.558. The Bertz CT molecular complexity index is 239. The summed E-state index contributed by atoms with van der Waals surface area (Å²) >= 11 is 0. The van der Waals surface area contributed by atoms with E-state index in [0.29, 0.717) is 6.42 Å². The van der Waals surface area contributed by atoms with Gasteiger partial charge in [-0.1, -0.05) is 13.8 Å². The highest BCUT2D eigenvalue weighted by atomic mass is 16.2. The van der Waals surface area contributed by atoms with Crippen LogP contribution in [0.25, 0.3) is 0 Å². The van der Waals surface area contributed by atoms with Crippen molar-refractivity contribution in [2.24, 2.45) is 5.41 Å². The summed E-state index contributed by atoms with van der Waals surface area (Å²) in [6.07, 6.45) is 0.593. The average molecular weight is 152 g/mol. The van der Waals surface area contributed by atoms with Crippen molar-refractivity contribution in [3.05, 3.63) is 0 Å². The second kappa shape index (κ2) is 1.97. The van der Waals surface area contributed by atoms with Gasteiger partial charge >= 0.3 is 0 Å². The van der Waals surface area contributed by atoms with Gasteiger partial charge in [-0.2, -0.15) is 5.26 Å². The molecule has 0 aromatic heterocycles. The largest absolute Gasteiger partial charge is 0.338 e. The van der Waals surface area contributed by atoms with E-state index in [0.717, 1.165) is 0 Å². The second-order valence-electron chi connectivity index (χ2n) is 3.96. The minimum Gasteiger partial charge on any atom is -0.338 e. The summed E-state index contributed by atoms with van der Waals surface area (Å²) in [5.41, 5.74) is -1.04. The summed E-state index contributed by atoms with van der Waals surface area (Å²) in [4.78, 5) is 11.2. The molecule has 60 valence electrons. The van der Waals surface area contributed by atoms with E-state index in [2.05, 4.69) is 11.4 Å². The fourth-order valence-corrected chi connectivity index (χ4v) is 1.50. The van der Waals surface area contributed by atoms with Crippen LogP contribution in [-0.2, 0) is 4.79 Å². The molecule has 0 saturated carbocycles. The second-order valence-corrected chi connectivity index (χ2v) is 3.96. The number of hydrogen-bond donors (Lipinski definition) is 1. The molecule has 3 heteroatoms. The summed E-state index contributed by atoms with van der Waals surface area (Å²) in [7, 11) is 0. The summed E-state index contributed by atoms with van der Waals surface area (Å²) in [5.74, 6) is -0.0263. The van der Waals surface area contributed by atoms with E-state index in [1.54, 1.807) is 6.92 Å². The molecule has 0 aliphatic carbocycles. The number of nitriles is 1. The van der Waals surface area contributed by atoms with Crippen molar-refractivity contribution in [3.63, 3.8) is 0 Å². The molecule has 1 unspecified atom stereocenters. The Kier molecular flexibility index (Phi) is 1.45. The molecule has 1 saturated heterocycles. The molecule has 1 amide bonds. The van der Waals surface area contributed by atoms with E-state index in [-0.39, 0.29) is 11.3 Å². The first-order chi connectivity index (χ1) is 4.90. The standard InChI is InChI=1S/C8H12N2O/c1-7(2)4-8(3,5-9)10-6(7)11/h4H2,1-3H3,(H,10,11). The molecule has 11 heavy (non-hydrogen) atoms. The fourth-order valence-electron chi connectivity index (χ4n) is 1.50. The maximum Gasteiger partial charge on any atom is 0.227 e. The first-order valence-corrected chi connectivity index (χ1v) is 3.63. The number of nitrogens with zero attached hydrogens (tertiary/aromatic N) is 1. The molecule has 1 atom stereocenters. The van der Waals surface area contributed by atoms with Gasteiger partial charge in [0.15, 0.2) is 0 Å². The minimum absolute atomic E-state index is 0.0263. The lowest BCUT2D eigenvalue weighted by molar-refractivity contribution is -0.126. The van der Waals surface area contributed by atoms with Crippen LogP contribution in [0, 0.1) is 16.7 Å². The van der Waals surface area contributed by atoms with Crippen LogP contribution in [0.2, 0.25) is 0 Å². The van der Waals surface area contributed by atoms with E-state index in [1.165, 1.54) is 0 Å². The van der Waals surface area contributed by atoms with Crippen molar-refractivity contribution in [2.75, 3.05) is 0 Å². The maximum absolute atomic E-state index is 11.2. The third-order valence-electron chi connectivity index (χ3n) is 2.05. The molecule has 1 aliphatic heterocycles. The molecule has 0 aromatic rings. The Morgan fingerprint density at radius 1 is 1.55 bits per heavy atom. The van der Waals surface area contributed by atoms with Crippen molar-refractivity contribution in [3.8, 4) is 6.07 Å². The lowest BCUT2D eigenvalue weighted by Gasteiger charge is -2.14. The average Bonchev–Trinajstić information content (AvgIpc) is 2.04. The molecule has 0 bridgehead atoms. The first-order valence-electron chi connectivity index (χ1n) is 3.63. The van der Waals surface area contributed by atoms with Gasteiger partial charge in [0.25, 0.3) is 0 Å². The molecule has 3 nitrogen and oxygen atoms in total. The van der Waals surface area contributed by atoms with Crippen molar-refractivity contribution in [1.82, 2.24) is 5.32 Å². The highest BCUT2D eigenvalue weighted by Gasteiger charge is 2.46. The minimum atomic E-state index is -0.652. The van der Waals surface area contributed by atoms with Crippen molar-refractivity contribution in [1.29, 1.82) is 5.26 Å². The van der Waals surface area contributed by atoms with Gasteiger partial charge < -0.3 is 5.32 Å². The van der Waals surface area contributed by atoms with Crippen LogP contribution >= 0.6 is 0 Å². The van der Waals surface area contributed by atoms with Gasteiger partial charge in [-0.25, -0.2) is 0 Å². The van der Waals surface area contributed by atoms with Gasteiger partial charge in [-0.05, 0) is 13.3 Å². The highest BCUT2D eigenvalue weighted by Crippen LogP contribution is 2.34. The Hall–Kier alpha value is -1.04. The van der Waals surface area contributed by atoms with Crippen molar-refractivity contribution < 1.29 is 4.79 Å². The highest BCUT2D eigenvalue weighted by molar-refractivity contribution is 5.85. The molecule has 1 N–H and O–H groups in total. The molecular weight excluding hydrogens is 140 g/mol. The molecule has 1 fully saturated rings. The van der Waals surface area contributed by atoms with Crippen LogP contribution in [-0.4, -0.2) is 11.4 Å². The maximum atomic E-state index is 11.2. The summed E-state index contributed by atoms with van der Waals surface area (Å²) < 4.78 is 0. The number of carbonyl (C=O) groups excluding carboxylic acids is 1. The summed E-state index contributed by atoms with van der Waals surface area (Å²) in [5, 5.41) is 11.4. The molecule has 0 spiro atoms. The Morgan fingerprint density at radius 3 is 2.27 bits per heavy atom.